The van der Waals surface area contributed by atoms with E-state index in [2.05, 4.69) is 20.8 Å². The van der Waals surface area contributed by atoms with Crippen molar-refractivity contribution in [1.29, 1.82) is 0 Å². The van der Waals surface area contributed by atoms with Crippen molar-refractivity contribution >= 4 is 5.97 Å². The molecule has 0 aromatic heterocycles. The lowest BCUT2D eigenvalue weighted by atomic mass is 9.79. The van der Waals surface area contributed by atoms with Gasteiger partial charge in [-0.25, -0.2) is 14.6 Å². The maximum absolute atomic E-state index is 11.3. The molecule has 1 rings (SSSR count). The molecule has 1 N–H and O–H groups in total. The second-order valence-corrected chi connectivity index (χ2v) is 8.40. The number of carbonyl (C=O) groups is 1. The van der Waals surface area contributed by atoms with Crippen LogP contribution in [0.3, 0.4) is 0 Å². The predicted molar refractivity (Wildman–Crippen MR) is 87.6 cm³/mol. The first-order valence-corrected chi connectivity index (χ1v) is 8.69. The highest BCUT2D eigenvalue weighted by Gasteiger charge is 2.34. The third-order valence-electron chi connectivity index (χ3n) is 4.64. The van der Waals surface area contributed by atoms with Gasteiger partial charge >= 0.3 is 5.97 Å². The summed E-state index contributed by atoms with van der Waals surface area (Å²) >= 11 is 0. The van der Waals surface area contributed by atoms with Crippen molar-refractivity contribution in [3.63, 3.8) is 0 Å². The van der Waals surface area contributed by atoms with Crippen LogP contribution in [0.2, 0.25) is 0 Å². The van der Waals surface area contributed by atoms with Crippen molar-refractivity contribution in [2.45, 2.75) is 97.7 Å². The normalized spacial score (nSPS) is 19.1. The molecular formula is C18H34O4. The molecule has 1 saturated carbocycles. The number of carboxylic acid groups (broad SMARTS) is 1. The molecule has 1 aliphatic rings. The fourth-order valence-electron chi connectivity index (χ4n) is 3.08. The third kappa shape index (κ3) is 7.10. The smallest absolute Gasteiger partial charge is 0.336 e. The molecule has 0 heterocycles. The zero-order chi connectivity index (χ0) is 16.8. The second kappa shape index (κ2) is 8.30. The number of hydrogen-bond acceptors (Lipinski definition) is 3. The quantitative estimate of drug-likeness (QED) is 0.508. The standard InChI is InChI=1S/C18H34O4/c1-17(2,3)13-9-12-15(16(19)20)21-22-18(4,5)14-10-7-6-8-11-14/h14-15H,6-13H2,1-5H3,(H,19,20). The Hall–Kier alpha value is -0.610. The van der Waals surface area contributed by atoms with Gasteiger partial charge in [-0.2, -0.15) is 0 Å². The van der Waals surface area contributed by atoms with Crippen molar-refractivity contribution < 1.29 is 19.7 Å². The van der Waals surface area contributed by atoms with Gasteiger partial charge in [0.2, 0.25) is 0 Å². The van der Waals surface area contributed by atoms with Crippen LogP contribution in [-0.4, -0.2) is 22.8 Å². The van der Waals surface area contributed by atoms with E-state index in [4.69, 9.17) is 9.78 Å². The molecule has 0 spiro atoms. The topological polar surface area (TPSA) is 55.8 Å². The minimum atomic E-state index is -0.937. The van der Waals surface area contributed by atoms with E-state index in [1.807, 2.05) is 13.8 Å². The van der Waals surface area contributed by atoms with Crippen molar-refractivity contribution in [3.05, 3.63) is 0 Å². The predicted octanol–water partition coefficient (Wildman–Crippen LogP) is 4.96. The Balaban J connectivity index is 2.43. The zero-order valence-electron chi connectivity index (χ0n) is 15.0. The summed E-state index contributed by atoms with van der Waals surface area (Å²) in [4.78, 5) is 22.3. The molecular weight excluding hydrogens is 280 g/mol. The molecule has 4 heteroatoms. The molecule has 0 aliphatic heterocycles. The van der Waals surface area contributed by atoms with Crippen LogP contribution in [0, 0.1) is 11.3 Å². The van der Waals surface area contributed by atoms with Crippen LogP contribution < -0.4 is 0 Å². The van der Waals surface area contributed by atoms with E-state index in [0.717, 1.165) is 25.7 Å². The summed E-state index contributed by atoms with van der Waals surface area (Å²) in [5.74, 6) is -0.487. The Morgan fingerprint density at radius 2 is 1.73 bits per heavy atom. The van der Waals surface area contributed by atoms with Gasteiger partial charge in [0.05, 0.1) is 0 Å². The molecule has 1 fully saturated rings. The Labute approximate surface area is 135 Å². The molecule has 0 saturated heterocycles. The Morgan fingerprint density at radius 3 is 2.23 bits per heavy atom. The van der Waals surface area contributed by atoms with E-state index in [1.54, 1.807) is 0 Å². The molecule has 130 valence electrons. The lowest BCUT2D eigenvalue weighted by Crippen LogP contribution is -2.38. The summed E-state index contributed by atoms with van der Waals surface area (Å²) in [6, 6.07) is 0. The Bertz CT molecular complexity index is 337. The highest BCUT2D eigenvalue weighted by molar-refractivity contribution is 5.72. The van der Waals surface area contributed by atoms with Crippen LogP contribution in [0.1, 0.15) is 86.0 Å². The fraction of sp³-hybridized carbons (Fsp3) is 0.944. The van der Waals surface area contributed by atoms with Gasteiger partial charge in [0.15, 0.2) is 6.10 Å². The van der Waals surface area contributed by atoms with Crippen molar-refractivity contribution in [2.24, 2.45) is 11.3 Å². The number of aliphatic carboxylic acids is 1. The SMILES string of the molecule is CC(C)(C)CCCC(OOC(C)(C)C1CCCCC1)C(=O)O. The van der Waals surface area contributed by atoms with Crippen LogP contribution in [0.25, 0.3) is 0 Å². The number of carboxylic acids is 1. The van der Waals surface area contributed by atoms with Gasteiger partial charge in [-0.05, 0) is 57.3 Å². The van der Waals surface area contributed by atoms with Gasteiger partial charge in [0, 0.05) is 0 Å². The van der Waals surface area contributed by atoms with Gasteiger partial charge < -0.3 is 5.11 Å². The summed E-state index contributed by atoms with van der Waals surface area (Å²) < 4.78 is 0. The first kappa shape index (κ1) is 19.4. The van der Waals surface area contributed by atoms with Crippen molar-refractivity contribution in [3.8, 4) is 0 Å². The van der Waals surface area contributed by atoms with Crippen LogP contribution in [0.5, 0.6) is 0 Å². The lowest BCUT2D eigenvalue weighted by Gasteiger charge is -2.36. The molecule has 1 aliphatic carbocycles. The molecule has 1 atom stereocenters. The van der Waals surface area contributed by atoms with Crippen molar-refractivity contribution in [1.82, 2.24) is 0 Å². The first-order valence-electron chi connectivity index (χ1n) is 8.69. The highest BCUT2D eigenvalue weighted by atomic mass is 17.2. The fourth-order valence-corrected chi connectivity index (χ4v) is 3.08. The van der Waals surface area contributed by atoms with Crippen LogP contribution in [-0.2, 0) is 14.6 Å². The molecule has 0 aromatic carbocycles. The average molecular weight is 314 g/mol. The zero-order valence-corrected chi connectivity index (χ0v) is 15.0. The average Bonchev–Trinajstić information content (AvgIpc) is 2.42. The van der Waals surface area contributed by atoms with Gasteiger partial charge in [-0.3, -0.25) is 0 Å². The maximum Gasteiger partial charge on any atom is 0.336 e. The molecule has 0 aromatic rings. The van der Waals surface area contributed by atoms with E-state index in [0.29, 0.717) is 12.3 Å². The maximum atomic E-state index is 11.3. The summed E-state index contributed by atoms with van der Waals surface area (Å²) in [6.45, 7) is 10.5. The van der Waals surface area contributed by atoms with E-state index in [1.165, 1.54) is 19.3 Å². The molecule has 0 radical (unpaired) electrons. The van der Waals surface area contributed by atoms with Gasteiger partial charge in [-0.1, -0.05) is 40.0 Å². The van der Waals surface area contributed by atoms with E-state index >= 15 is 0 Å². The first-order chi connectivity index (χ1) is 10.1. The minimum absolute atomic E-state index is 0.214. The molecule has 1 unspecified atom stereocenters. The van der Waals surface area contributed by atoms with Crippen LogP contribution in [0.15, 0.2) is 0 Å². The van der Waals surface area contributed by atoms with Gasteiger partial charge in [0.1, 0.15) is 5.60 Å². The number of rotatable bonds is 8. The van der Waals surface area contributed by atoms with E-state index < -0.39 is 17.7 Å². The largest absolute Gasteiger partial charge is 0.479 e. The molecule has 0 bridgehead atoms. The Kier molecular flexibility index (Phi) is 7.33. The van der Waals surface area contributed by atoms with Gasteiger partial charge in [0.25, 0.3) is 0 Å². The third-order valence-corrected chi connectivity index (χ3v) is 4.64. The van der Waals surface area contributed by atoms with E-state index in [9.17, 15) is 9.90 Å². The Morgan fingerprint density at radius 1 is 1.14 bits per heavy atom. The van der Waals surface area contributed by atoms with Crippen molar-refractivity contribution in [2.75, 3.05) is 0 Å². The summed E-state index contributed by atoms with van der Waals surface area (Å²) in [5, 5.41) is 9.30. The second-order valence-electron chi connectivity index (χ2n) is 8.40. The highest BCUT2D eigenvalue weighted by Crippen LogP contribution is 2.35. The molecule has 4 nitrogen and oxygen atoms in total. The monoisotopic (exact) mass is 314 g/mol. The van der Waals surface area contributed by atoms with Gasteiger partial charge in [-0.15, -0.1) is 0 Å². The minimum Gasteiger partial charge on any atom is -0.479 e. The molecule has 22 heavy (non-hydrogen) atoms. The van der Waals surface area contributed by atoms with Crippen LogP contribution in [0.4, 0.5) is 0 Å². The van der Waals surface area contributed by atoms with E-state index in [-0.39, 0.29) is 5.41 Å². The summed E-state index contributed by atoms with van der Waals surface area (Å²) in [5.41, 5.74) is -0.205. The van der Waals surface area contributed by atoms with Crippen LogP contribution >= 0.6 is 0 Å². The molecule has 0 amide bonds. The summed E-state index contributed by atoms with van der Waals surface area (Å²) in [6.07, 6.45) is 7.45. The summed E-state index contributed by atoms with van der Waals surface area (Å²) in [7, 11) is 0. The number of hydrogen-bond donors (Lipinski definition) is 1. The lowest BCUT2D eigenvalue weighted by molar-refractivity contribution is -0.383.